The maximum atomic E-state index is 14.1. The standard InChI is InChI=1S/C19H19F3N2O3/c1-3-27-16(25)18(19(20,21)22,14-10-5-4-6-11-14)24-17(26)23-15-12-8-7-9-13(15)2/h4-12H,3H2,1-2H3,(H2,23,24,26)/t18-/m1/s1. The zero-order valence-corrected chi connectivity index (χ0v) is 14.8. The van der Waals surface area contributed by atoms with Crippen LogP contribution >= 0.6 is 0 Å². The molecule has 2 aromatic rings. The van der Waals surface area contributed by atoms with Crippen molar-refractivity contribution in [1.82, 2.24) is 5.32 Å². The summed E-state index contributed by atoms with van der Waals surface area (Å²) in [7, 11) is 0. The Morgan fingerprint density at radius 2 is 1.59 bits per heavy atom. The number of para-hydroxylation sites is 1. The van der Waals surface area contributed by atoms with Crippen molar-refractivity contribution >= 4 is 17.7 Å². The van der Waals surface area contributed by atoms with Gasteiger partial charge in [-0.1, -0.05) is 48.5 Å². The fourth-order valence-electron chi connectivity index (χ4n) is 2.56. The number of esters is 1. The first-order valence-corrected chi connectivity index (χ1v) is 8.16. The molecule has 2 aromatic carbocycles. The lowest BCUT2D eigenvalue weighted by Crippen LogP contribution is -2.62. The third-order valence-electron chi connectivity index (χ3n) is 3.91. The minimum absolute atomic E-state index is 0.273. The van der Waals surface area contributed by atoms with Gasteiger partial charge in [0.1, 0.15) is 0 Å². The van der Waals surface area contributed by atoms with Crippen LogP contribution in [0.1, 0.15) is 18.1 Å². The van der Waals surface area contributed by atoms with Crippen LogP contribution in [0.4, 0.5) is 23.7 Å². The summed E-state index contributed by atoms with van der Waals surface area (Å²) >= 11 is 0. The van der Waals surface area contributed by atoms with Gasteiger partial charge in [0.2, 0.25) is 0 Å². The van der Waals surface area contributed by atoms with Gasteiger partial charge >= 0.3 is 18.2 Å². The second-order valence-electron chi connectivity index (χ2n) is 5.73. The van der Waals surface area contributed by atoms with Gasteiger partial charge in [-0.3, -0.25) is 0 Å². The van der Waals surface area contributed by atoms with Crippen molar-refractivity contribution in [3.63, 3.8) is 0 Å². The summed E-state index contributed by atoms with van der Waals surface area (Å²) in [4.78, 5) is 24.8. The smallest absolute Gasteiger partial charge is 0.426 e. The molecule has 0 aliphatic rings. The van der Waals surface area contributed by atoms with E-state index in [1.54, 1.807) is 30.4 Å². The Balaban J connectivity index is 2.47. The van der Waals surface area contributed by atoms with E-state index in [9.17, 15) is 22.8 Å². The fourth-order valence-corrected chi connectivity index (χ4v) is 2.56. The van der Waals surface area contributed by atoms with Gasteiger partial charge in [-0.15, -0.1) is 0 Å². The molecule has 0 spiro atoms. The van der Waals surface area contributed by atoms with Crippen molar-refractivity contribution in [1.29, 1.82) is 0 Å². The molecule has 0 saturated carbocycles. The summed E-state index contributed by atoms with van der Waals surface area (Å²) in [5.41, 5.74) is -2.81. The van der Waals surface area contributed by atoms with E-state index in [-0.39, 0.29) is 6.61 Å². The number of anilines is 1. The van der Waals surface area contributed by atoms with Gasteiger partial charge < -0.3 is 15.4 Å². The van der Waals surface area contributed by atoms with Crippen LogP contribution < -0.4 is 10.6 Å². The Morgan fingerprint density at radius 3 is 2.15 bits per heavy atom. The van der Waals surface area contributed by atoms with E-state index >= 15 is 0 Å². The predicted octanol–water partition coefficient (Wildman–Crippen LogP) is 4.14. The number of aryl methyl sites for hydroxylation is 1. The summed E-state index contributed by atoms with van der Waals surface area (Å²) in [6.45, 7) is 2.80. The highest BCUT2D eigenvalue weighted by Crippen LogP contribution is 2.40. The molecular formula is C19H19F3N2O3. The lowest BCUT2D eigenvalue weighted by molar-refractivity contribution is -0.213. The molecule has 144 valence electrons. The molecule has 2 amide bonds. The molecule has 5 nitrogen and oxygen atoms in total. The second kappa shape index (κ2) is 8.11. The van der Waals surface area contributed by atoms with Crippen LogP contribution in [0.2, 0.25) is 0 Å². The number of nitrogens with one attached hydrogen (secondary N) is 2. The third-order valence-corrected chi connectivity index (χ3v) is 3.91. The molecule has 0 aliphatic heterocycles. The summed E-state index contributed by atoms with van der Waals surface area (Å²) in [6, 6.07) is 11.8. The van der Waals surface area contributed by atoms with Crippen LogP contribution in [-0.2, 0) is 15.1 Å². The number of alkyl halides is 3. The van der Waals surface area contributed by atoms with Crippen LogP contribution in [0, 0.1) is 6.92 Å². The molecule has 0 aliphatic carbocycles. The van der Waals surface area contributed by atoms with E-state index in [1.165, 1.54) is 31.2 Å². The minimum atomic E-state index is -5.14. The average molecular weight is 380 g/mol. The Kier molecular flexibility index (Phi) is 6.09. The van der Waals surface area contributed by atoms with Gasteiger partial charge in [-0.2, -0.15) is 13.2 Å². The van der Waals surface area contributed by atoms with E-state index in [0.717, 1.165) is 12.1 Å². The van der Waals surface area contributed by atoms with Gasteiger partial charge in [-0.05, 0) is 31.0 Å². The first kappa shape index (κ1) is 20.3. The zero-order valence-electron chi connectivity index (χ0n) is 14.8. The number of amides is 2. The molecule has 0 radical (unpaired) electrons. The van der Waals surface area contributed by atoms with Gasteiger partial charge in [0, 0.05) is 5.69 Å². The molecule has 1 atom stereocenters. The number of hydrogen-bond donors (Lipinski definition) is 2. The minimum Gasteiger partial charge on any atom is -0.464 e. The van der Waals surface area contributed by atoms with Crippen LogP contribution in [-0.4, -0.2) is 24.8 Å². The van der Waals surface area contributed by atoms with Gasteiger partial charge in [0.25, 0.3) is 5.54 Å². The molecule has 2 rings (SSSR count). The normalized spacial score (nSPS) is 13.4. The molecule has 0 fully saturated rings. The first-order chi connectivity index (χ1) is 12.7. The van der Waals surface area contributed by atoms with Gasteiger partial charge in [0.05, 0.1) is 6.61 Å². The zero-order chi connectivity index (χ0) is 20.1. The summed E-state index contributed by atoms with van der Waals surface area (Å²) < 4.78 is 46.9. The van der Waals surface area contributed by atoms with Crippen LogP contribution in [0.5, 0.6) is 0 Å². The van der Waals surface area contributed by atoms with Crippen molar-refractivity contribution in [2.45, 2.75) is 25.6 Å². The number of ether oxygens (including phenoxy) is 1. The van der Waals surface area contributed by atoms with Crippen molar-refractivity contribution in [3.05, 3.63) is 65.7 Å². The maximum absolute atomic E-state index is 14.1. The lowest BCUT2D eigenvalue weighted by atomic mass is 9.89. The average Bonchev–Trinajstić information content (AvgIpc) is 2.61. The number of benzene rings is 2. The van der Waals surface area contributed by atoms with E-state index < -0.39 is 29.3 Å². The maximum Gasteiger partial charge on any atom is 0.426 e. The number of halogens is 3. The molecular weight excluding hydrogens is 361 g/mol. The predicted molar refractivity (Wildman–Crippen MR) is 94.1 cm³/mol. The van der Waals surface area contributed by atoms with Gasteiger partial charge in [0.15, 0.2) is 0 Å². The lowest BCUT2D eigenvalue weighted by Gasteiger charge is -2.34. The highest BCUT2D eigenvalue weighted by molar-refractivity contribution is 5.96. The molecule has 0 saturated heterocycles. The highest BCUT2D eigenvalue weighted by atomic mass is 19.4. The van der Waals surface area contributed by atoms with Gasteiger partial charge in [-0.25, -0.2) is 9.59 Å². The Morgan fingerprint density at radius 1 is 1.00 bits per heavy atom. The molecule has 0 unspecified atom stereocenters. The van der Waals surface area contributed by atoms with E-state index in [2.05, 4.69) is 10.1 Å². The fraction of sp³-hybridized carbons (Fsp3) is 0.263. The molecule has 27 heavy (non-hydrogen) atoms. The number of hydrogen-bond acceptors (Lipinski definition) is 3. The summed E-state index contributed by atoms with van der Waals surface area (Å²) in [5, 5.41) is 4.14. The van der Waals surface area contributed by atoms with Crippen molar-refractivity contribution < 1.29 is 27.5 Å². The Bertz CT molecular complexity index is 809. The van der Waals surface area contributed by atoms with Crippen LogP contribution in [0.25, 0.3) is 0 Å². The van der Waals surface area contributed by atoms with E-state index in [1.807, 2.05) is 0 Å². The number of rotatable bonds is 5. The molecule has 0 aromatic heterocycles. The quantitative estimate of drug-likeness (QED) is 0.767. The summed E-state index contributed by atoms with van der Waals surface area (Å²) in [5.74, 6) is -1.61. The Hall–Kier alpha value is -3.03. The van der Waals surface area contributed by atoms with Crippen molar-refractivity contribution in [2.75, 3.05) is 11.9 Å². The highest BCUT2D eigenvalue weighted by Gasteiger charge is 2.64. The van der Waals surface area contributed by atoms with Crippen LogP contribution in [0.3, 0.4) is 0 Å². The van der Waals surface area contributed by atoms with E-state index in [4.69, 9.17) is 0 Å². The largest absolute Gasteiger partial charge is 0.464 e. The molecule has 2 N–H and O–H groups in total. The van der Waals surface area contributed by atoms with Crippen molar-refractivity contribution in [2.24, 2.45) is 0 Å². The number of carbonyl (C=O) groups excluding carboxylic acids is 2. The number of urea groups is 1. The third kappa shape index (κ3) is 4.21. The van der Waals surface area contributed by atoms with E-state index in [0.29, 0.717) is 11.3 Å². The topological polar surface area (TPSA) is 67.4 Å². The molecule has 0 bridgehead atoms. The summed E-state index contributed by atoms with van der Waals surface area (Å²) in [6.07, 6.45) is -5.14. The SMILES string of the molecule is CCOC(=O)[C@](NC(=O)Nc1ccccc1C)(c1ccccc1)C(F)(F)F. The van der Waals surface area contributed by atoms with Crippen LogP contribution in [0.15, 0.2) is 54.6 Å². The number of carbonyl (C=O) groups is 2. The molecule has 0 heterocycles. The second-order valence-corrected chi connectivity index (χ2v) is 5.73. The monoisotopic (exact) mass is 380 g/mol. The first-order valence-electron chi connectivity index (χ1n) is 8.16. The van der Waals surface area contributed by atoms with Crippen molar-refractivity contribution in [3.8, 4) is 0 Å². The molecule has 8 heteroatoms. The Labute approximate surface area is 154 Å².